The minimum Gasteiger partial charge on any atom is -0.507 e. The first-order valence-electron chi connectivity index (χ1n) is 4.00. The van der Waals surface area contributed by atoms with E-state index in [9.17, 15) is 5.11 Å². The lowest BCUT2D eigenvalue weighted by atomic mass is 10.1. The summed E-state index contributed by atoms with van der Waals surface area (Å²) in [4.78, 5) is 4.00. The van der Waals surface area contributed by atoms with Crippen molar-refractivity contribution in [2.75, 3.05) is 14.2 Å². The fraction of sp³-hybridized carbons (Fsp3) is 0.300. The Kier molecular flexibility index (Phi) is 2.90. The summed E-state index contributed by atoms with van der Waals surface area (Å²) in [5.74, 6) is 0.838. The summed E-state index contributed by atoms with van der Waals surface area (Å²) in [5.41, 5.74) is 1.42. The molecule has 1 aromatic carbocycles. The van der Waals surface area contributed by atoms with Crippen LogP contribution in [0.1, 0.15) is 12.5 Å². The van der Waals surface area contributed by atoms with Crippen LogP contribution in [-0.4, -0.2) is 25.0 Å². The van der Waals surface area contributed by atoms with Gasteiger partial charge in [0, 0.05) is 12.8 Å². The number of hydrogen-bond donors (Lipinski definition) is 1. The van der Waals surface area contributed by atoms with Crippen molar-refractivity contribution in [2.45, 2.75) is 6.92 Å². The highest BCUT2D eigenvalue weighted by atomic mass is 16.5. The molecule has 3 nitrogen and oxygen atoms in total. The van der Waals surface area contributed by atoms with Crippen molar-refractivity contribution >= 4 is 5.71 Å². The number of nitrogens with zero attached hydrogens (tertiary/aromatic N) is 1. The molecular formula is C10H13NO2. The van der Waals surface area contributed by atoms with Gasteiger partial charge in [0.1, 0.15) is 11.5 Å². The van der Waals surface area contributed by atoms with Crippen molar-refractivity contribution in [3.05, 3.63) is 23.8 Å². The van der Waals surface area contributed by atoms with E-state index in [0.29, 0.717) is 11.3 Å². The minimum atomic E-state index is 0.197. The molecule has 1 aromatic rings. The molecule has 0 unspecified atom stereocenters. The molecule has 70 valence electrons. The van der Waals surface area contributed by atoms with E-state index in [1.54, 1.807) is 32.4 Å². The van der Waals surface area contributed by atoms with Gasteiger partial charge in [0.15, 0.2) is 0 Å². The Labute approximate surface area is 77.7 Å². The smallest absolute Gasteiger partial charge is 0.131 e. The second-order valence-corrected chi connectivity index (χ2v) is 2.66. The van der Waals surface area contributed by atoms with E-state index in [2.05, 4.69) is 4.99 Å². The van der Waals surface area contributed by atoms with Gasteiger partial charge in [-0.2, -0.15) is 0 Å². The van der Waals surface area contributed by atoms with Crippen molar-refractivity contribution in [2.24, 2.45) is 4.99 Å². The van der Waals surface area contributed by atoms with Crippen LogP contribution < -0.4 is 4.74 Å². The Morgan fingerprint density at radius 3 is 2.69 bits per heavy atom. The van der Waals surface area contributed by atoms with E-state index < -0.39 is 0 Å². The van der Waals surface area contributed by atoms with Crippen molar-refractivity contribution in [3.8, 4) is 11.5 Å². The van der Waals surface area contributed by atoms with E-state index in [-0.39, 0.29) is 5.75 Å². The highest BCUT2D eigenvalue weighted by Gasteiger charge is 2.09. The SMILES string of the molecule is C/N=C(/C)c1c(O)cccc1OC. The zero-order valence-electron chi connectivity index (χ0n) is 8.03. The zero-order valence-corrected chi connectivity index (χ0v) is 8.03. The third-order valence-corrected chi connectivity index (χ3v) is 1.92. The van der Waals surface area contributed by atoms with Crippen LogP contribution in [0.3, 0.4) is 0 Å². The first-order valence-corrected chi connectivity index (χ1v) is 4.00. The third kappa shape index (κ3) is 1.80. The quantitative estimate of drug-likeness (QED) is 0.704. The molecule has 0 radical (unpaired) electrons. The van der Waals surface area contributed by atoms with Crippen molar-refractivity contribution in [1.29, 1.82) is 0 Å². The first-order chi connectivity index (χ1) is 6.20. The van der Waals surface area contributed by atoms with Crippen LogP contribution in [0.25, 0.3) is 0 Å². The molecule has 0 bridgehead atoms. The highest BCUT2D eigenvalue weighted by molar-refractivity contribution is 6.03. The lowest BCUT2D eigenvalue weighted by molar-refractivity contribution is 0.406. The molecule has 0 saturated carbocycles. The van der Waals surface area contributed by atoms with Crippen LogP contribution >= 0.6 is 0 Å². The summed E-state index contributed by atoms with van der Waals surface area (Å²) >= 11 is 0. The Hall–Kier alpha value is -1.51. The summed E-state index contributed by atoms with van der Waals surface area (Å²) in [7, 11) is 3.25. The number of hydrogen-bond acceptors (Lipinski definition) is 3. The maximum absolute atomic E-state index is 9.56. The van der Waals surface area contributed by atoms with Gasteiger partial charge in [0.25, 0.3) is 0 Å². The van der Waals surface area contributed by atoms with Crippen LogP contribution in [0.5, 0.6) is 11.5 Å². The second kappa shape index (κ2) is 3.94. The van der Waals surface area contributed by atoms with Crippen LogP contribution in [0, 0.1) is 0 Å². The molecule has 0 aliphatic rings. The summed E-state index contributed by atoms with van der Waals surface area (Å²) < 4.78 is 5.11. The van der Waals surface area contributed by atoms with Gasteiger partial charge in [0.2, 0.25) is 0 Å². The zero-order chi connectivity index (χ0) is 9.84. The average Bonchev–Trinajstić information content (AvgIpc) is 2.16. The number of benzene rings is 1. The number of phenols is 1. The molecule has 13 heavy (non-hydrogen) atoms. The molecule has 0 fully saturated rings. The molecule has 0 spiro atoms. The van der Waals surface area contributed by atoms with E-state index in [1.165, 1.54) is 0 Å². The standard InChI is InChI=1S/C10H13NO2/c1-7(11-2)10-8(12)5-4-6-9(10)13-3/h4-6,12H,1-3H3/b11-7-. The van der Waals surface area contributed by atoms with Crippen LogP contribution in [0.4, 0.5) is 0 Å². The molecule has 1 N–H and O–H groups in total. The monoisotopic (exact) mass is 179 g/mol. The predicted octanol–water partition coefficient (Wildman–Crippen LogP) is 1.84. The Bertz CT molecular complexity index is 332. The van der Waals surface area contributed by atoms with Gasteiger partial charge in [-0.25, -0.2) is 0 Å². The van der Waals surface area contributed by atoms with Crippen LogP contribution in [-0.2, 0) is 0 Å². The number of rotatable bonds is 2. The topological polar surface area (TPSA) is 41.8 Å². The Morgan fingerprint density at radius 2 is 2.15 bits per heavy atom. The second-order valence-electron chi connectivity index (χ2n) is 2.66. The number of phenolic OH excluding ortho intramolecular Hbond substituents is 1. The first kappa shape index (κ1) is 9.58. The van der Waals surface area contributed by atoms with Crippen molar-refractivity contribution in [3.63, 3.8) is 0 Å². The molecule has 3 heteroatoms. The average molecular weight is 179 g/mol. The fourth-order valence-corrected chi connectivity index (χ4v) is 1.17. The Balaban J connectivity index is 3.31. The summed E-state index contributed by atoms with van der Waals surface area (Å²) in [6.07, 6.45) is 0. The molecule has 0 aromatic heterocycles. The maximum Gasteiger partial charge on any atom is 0.131 e. The number of aromatic hydroxyl groups is 1. The highest BCUT2D eigenvalue weighted by Crippen LogP contribution is 2.27. The van der Waals surface area contributed by atoms with Crippen molar-refractivity contribution < 1.29 is 9.84 Å². The lowest BCUT2D eigenvalue weighted by Gasteiger charge is -2.08. The van der Waals surface area contributed by atoms with Gasteiger partial charge in [-0.05, 0) is 19.1 Å². The van der Waals surface area contributed by atoms with Gasteiger partial charge in [-0.15, -0.1) is 0 Å². The molecule has 1 rings (SSSR count). The third-order valence-electron chi connectivity index (χ3n) is 1.92. The summed E-state index contributed by atoms with van der Waals surface area (Å²) in [6, 6.07) is 5.15. The van der Waals surface area contributed by atoms with E-state index in [4.69, 9.17) is 4.74 Å². The molecule has 0 aliphatic heterocycles. The van der Waals surface area contributed by atoms with E-state index in [0.717, 1.165) is 5.71 Å². The largest absolute Gasteiger partial charge is 0.507 e. The lowest BCUT2D eigenvalue weighted by Crippen LogP contribution is -1.99. The molecular weight excluding hydrogens is 166 g/mol. The number of ether oxygens (including phenoxy) is 1. The van der Waals surface area contributed by atoms with Gasteiger partial charge in [0.05, 0.1) is 12.7 Å². The molecule has 0 aliphatic carbocycles. The fourth-order valence-electron chi connectivity index (χ4n) is 1.17. The number of methoxy groups -OCH3 is 1. The van der Waals surface area contributed by atoms with Gasteiger partial charge >= 0.3 is 0 Å². The van der Waals surface area contributed by atoms with Gasteiger partial charge in [-0.3, -0.25) is 4.99 Å². The molecule has 0 atom stereocenters. The van der Waals surface area contributed by atoms with Crippen LogP contribution in [0.15, 0.2) is 23.2 Å². The minimum absolute atomic E-state index is 0.197. The van der Waals surface area contributed by atoms with E-state index >= 15 is 0 Å². The van der Waals surface area contributed by atoms with Crippen molar-refractivity contribution in [1.82, 2.24) is 0 Å². The molecule has 0 saturated heterocycles. The summed E-state index contributed by atoms with van der Waals surface area (Å²) in [6.45, 7) is 1.83. The van der Waals surface area contributed by atoms with Gasteiger partial charge < -0.3 is 9.84 Å². The normalized spacial score (nSPS) is 11.5. The predicted molar refractivity (Wildman–Crippen MR) is 52.8 cm³/mol. The number of aliphatic imine (C=N–C) groups is 1. The van der Waals surface area contributed by atoms with Gasteiger partial charge in [-0.1, -0.05) is 6.07 Å². The van der Waals surface area contributed by atoms with E-state index in [1.807, 2.05) is 6.92 Å². The maximum atomic E-state index is 9.56. The molecule has 0 heterocycles. The molecule has 0 amide bonds. The summed E-state index contributed by atoms with van der Waals surface area (Å²) in [5, 5.41) is 9.56. The Morgan fingerprint density at radius 1 is 1.46 bits per heavy atom. The van der Waals surface area contributed by atoms with Crippen LogP contribution in [0.2, 0.25) is 0 Å².